The number of rotatable bonds is 4. The standard InChI is InChI=1S/C12H21N3O4/c1-8(11(17)18)7-14(2)12(19)15-6-4-3-5-9(15)10(13)16/h8-9H,3-7H2,1-2H3,(H2,13,16)(H,17,18). The first-order valence-electron chi connectivity index (χ1n) is 6.38. The van der Waals surface area contributed by atoms with Crippen LogP contribution in [0.2, 0.25) is 0 Å². The zero-order chi connectivity index (χ0) is 14.6. The predicted molar refractivity (Wildman–Crippen MR) is 68.4 cm³/mol. The maximum absolute atomic E-state index is 12.2. The topological polar surface area (TPSA) is 104 Å². The van der Waals surface area contributed by atoms with Gasteiger partial charge in [0.25, 0.3) is 0 Å². The summed E-state index contributed by atoms with van der Waals surface area (Å²) < 4.78 is 0. The van der Waals surface area contributed by atoms with Crippen molar-refractivity contribution >= 4 is 17.9 Å². The molecule has 0 aromatic carbocycles. The van der Waals surface area contributed by atoms with Crippen LogP contribution in [-0.4, -0.2) is 59.0 Å². The Bertz CT molecular complexity index is 372. The first-order chi connectivity index (χ1) is 8.84. The van der Waals surface area contributed by atoms with Crippen molar-refractivity contribution in [3.8, 4) is 0 Å². The van der Waals surface area contributed by atoms with Crippen molar-refractivity contribution in [2.75, 3.05) is 20.1 Å². The summed E-state index contributed by atoms with van der Waals surface area (Å²) in [6.45, 7) is 2.13. The predicted octanol–water partition coefficient (Wildman–Crippen LogP) is 0.0987. The molecular formula is C12H21N3O4. The van der Waals surface area contributed by atoms with E-state index in [0.717, 1.165) is 12.8 Å². The fourth-order valence-electron chi connectivity index (χ4n) is 2.24. The second-order valence-electron chi connectivity index (χ2n) is 5.01. The van der Waals surface area contributed by atoms with Crippen molar-refractivity contribution < 1.29 is 19.5 Å². The summed E-state index contributed by atoms with van der Waals surface area (Å²) >= 11 is 0. The SMILES string of the molecule is CC(CN(C)C(=O)N1CCCCC1C(N)=O)C(=O)O. The first kappa shape index (κ1) is 15.3. The highest BCUT2D eigenvalue weighted by Gasteiger charge is 2.32. The van der Waals surface area contributed by atoms with Crippen molar-refractivity contribution in [2.24, 2.45) is 11.7 Å². The molecule has 7 heteroatoms. The molecule has 1 heterocycles. The lowest BCUT2D eigenvalue weighted by molar-refractivity contribution is -0.141. The highest BCUT2D eigenvalue weighted by Crippen LogP contribution is 2.18. The van der Waals surface area contributed by atoms with E-state index in [-0.39, 0.29) is 12.6 Å². The van der Waals surface area contributed by atoms with Crippen LogP contribution in [0.25, 0.3) is 0 Å². The second kappa shape index (κ2) is 6.40. The van der Waals surface area contributed by atoms with Gasteiger partial charge in [0.05, 0.1) is 5.92 Å². The van der Waals surface area contributed by atoms with Crippen LogP contribution < -0.4 is 5.73 Å². The molecule has 1 aliphatic rings. The molecule has 1 fully saturated rings. The summed E-state index contributed by atoms with van der Waals surface area (Å²) in [5.74, 6) is -2.11. The summed E-state index contributed by atoms with van der Waals surface area (Å²) in [5.41, 5.74) is 5.30. The van der Waals surface area contributed by atoms with Crippen molar-refractivity contribution in [1.29, 1.82) is 0 Å². The number of carboxylic acids is 1. The number of carboxylic acid groups (broad SMARTS) is 1. The molecule has 108 valence electrons. The van der Waals surface area contributed by atoms with E-state index in [4.69, 9.17) is 10.8 Å². The van der Waals surface area contributed by atoms with E-state index in [1.165, 1.54) is 23.8 Å². The minimum atomic E-state index is -0.954. The molecule has 0 spiro atoms. The van der Waals surface area contributed by atoms with Crippen LogP contribution in [-0.2, 0) is 9.59 Å². The molecule has 0 saturated carbocycles. The number of urea groups is 1. The number of carbonyl (C=O) groups excluding carboxylic acids is 2. The lowest BCUT2D eigenvalue weighted by Crippen LogP contribution is -2.54. The number of carbonyl (C=O) groups is 3. The van der Waals surface area contributed by atoms with Gasteiger partial charge in [-0.2, -0.15) is 0 Å². The molecule has 2 atom stereocenters. The number of amides is 3. The number of likely N-dealkylation sites (tertiary alicyclic amines) is 1. The van der Waals surface area contributed by atoms with Gasteiger partial charge in [0, 0.05) is 20.1 Å². The van der Waals surface area contributed by atoms with Crippen LogP contribution in [0.5, 0.6) is 0 Å². The molecule has 0 aromatic heterocycles. The highest BCUT2D eigenvalue weighted by molar-refractivity contribution is 5.86. The summed E-state index contributed by atoms with van der Waals surface area (Å²) in [7, 11) is 1.54. The lowest BCUT2D eigenvalue weighted by atomic mass is 10.0. The zero-order valence-corrected chi connectivity index (χ0v) is 11.3. The third kappa shape index (κ3) is 3.84. The lowest BCUT2D eigenvalue weighted by Gasteiger charge is -2.36. The molecule has 3 amide bonds. The van der Waals surface area contributed by atoms with Crippen molar-refractivity contribution in [1.82, 2.24) is 9.80 Å². The summed E-state index contributed by atoms with van der Waals surface area (Å²) in [4.78, 5) is 37.1. The fourth-order valence-corrected chi connectivity index (χ4v) is 2.24. The van der Waals surface area contributed by atoms with Crippen LogP contribution in [0.4, 0.5) is 4.79 Å². The molecule has 0 bridgehead atoms. The Morgan fingerprint density at radius 2 is 2.05 bits per heavy atom. The van der Waals surface area contributed by atoms with Crippen molar-refractivity contribution in [3.05, 3.63) is 0 Å². The maximum Gasteiger partial charge on any atom is 0.320 e. The van der Waals surface area contributed by atoms with E-state index in [2.05, 4.69) is 0 Å². The number of primary amides is 1. The summed E-state index contributed by atoms with van der Waals surface area (Å²) in [6, 6.07) is -0.916. The van der Waals surface area contributed by atoms with Gasteiger partial charge in [-0.25, -0.2) is 4.79 Å². The van der Waals surface area contributed by atoms with Crippen LogP contribution >= 0.6 is 0 Å². The molecule has 1 saturated heterocycles. The Hall–Kier alpha value is -1.79. The van der Waals surface area contributed by atoms with Gasteiger partial charge in [-0.05, 0) is 19.3 Å². The van der Waals surface area contributed by atoms with Gasteiger partial charge in [-0.15, -0.1) is 0 Å². The minimum absolute atomic E-state index is 0.107. The zero-order valence-electron chi connectivity index (χ0n) is 11.3. The van der Waals surface area contributed by atoms with E-state index < -0.39 is 23.8 Å². The number of piperidine rings is 1. The normalized spacial score (nSPS) is 20.7. The van der Waals surface area contributed by atoms with Gasteiger partial charge in [-0.1, -0.05) is 6.92 Å². The molecule has 19 heavy (non-hydrogen) atoms. The van der Waals surface area contributed by atoms with Gasteiger partial charge in [-0.3, -0.25) is 9.59 Å². The molecule has 1 rings (SSSR count). The van der Waals surface area contributed by atoms with Crippen molar-refractivity contribution in [2.45, 2.75) is 32.2 Å². The Balaban J connectivity index is 2.68. The average molecular weight is 271 g/mol. The fraction of sp³-hybridized carbons (Fsp3) is 0.750. The van der Waals surface area contributed by atoms with Gasteiger partial charge >= 0.3 is 12.0 Å². The van der Waals surface area contributed by atoms with E-state index >= 15 is 0 Å². The molecule has 0 aliphatic carbocycles. The Kier molecular flexibility index (Phi) is 5.14. The smallest absolute Gasteiger partial charge is 0.320 e. The Labute approximate surface area is 112 Å². The van der Waals surface area contributed by atoms with Crippen molar-refractivity contribution in [3.63, 3.8) is 0 Å². The van der Waals surface area contributed by atoms with Gasteiger partial charge < -0.3 is 20.6 Å². The highest BCUT2D eigenvalue weighted by atomic mass is 16.4. The summed E-state index contributed by atoms with van der Waals surface area (Å²) in [5, 5.41) is 8.84. The van der Waals surface area contributed by atoms with E-state index in [1.807, 2.05) is 0 Å². The van der Waals surface area contributed by atoms with Gasteiger partial charge in [0.15, 0.2) is 0 Å². The summed E-state index contributed by atoms with van der Waals surface area (Å²) in [6.07, 6.45) is 2.27. The monoisotopic (exact) mass is 271 g/mol. The molecule has 7 nitrogen and oxygen atoms in total. The van der Waals surface area contributed by atoms with Gasteiger partial charge in [0.1, 0.15) is 6.04 Å². The second-order valence-corrected chi connectivity index (χ2v) is 5.01. The van der Waals surface area contributed by atoms with E-state index in [1.54, 1.807) is 0 Å². The molecule has 0 aromatic rings. The maximum atomic E-state index is 12.2. The third-order valence-electron chi connectivity index (χ3n) is 3.37. The van der Waals surface area contributed by atoms with E-state index in [0.29, 0.717) is 13.0 Å². The molecule has 1 aliphatic heterocycles. The first-order valence-corrected chi connectivity index (χ1v) is 6.38. The quantitative estimate of drug-likeness (QED) is 0.756. The molecule has 2 unspecified atom stereocenters. The van der Waals surface area contributed by atoms with Crippen LogP contribution in [0.1, 0.15) is 26.2 Å². The Morgan fingerprint density at radius 3 is 2.58 bits per heavy atom. The average Bonchev–Trinajstić information content (AvgIpc) is 2.37. The van der Waals surface area contributed by atoms with Gasteiger partial charge in [0.2, 0.25) is 5.91 Å². The number of nitrogens with two attached hydrogens (primary N) is 1. The minimum Gasteiger partial charge on any atom is -0.481 e. The van der Waals surface area contributed by atoms with E-state index in [9.17, 15) is 14.4 Å². The third-order valence-corrected chi connectivity index (χ3v) is 3.37. The molecule has 3 N–H and O–H groups in total. The van der Waals surface area contributed by atoms with Crippen LogP contribution in [0.15, 0.2) is 0 Å². The number of hydrogen-bond acceptors (Lipinski definition) is 3. The van der Waals surface area contributed by atoms with Crippen LogP contribution in [0, 0.1) is 5.92 Å². The number of hydrogen-bond donors (Lipinski definition) is 2. The Morgan fingerprint density at radius 1 is 1.42 bits per heavy atom. The number of aliphatic carboxylic acids is 1. The molecular weight excluding hydrogens is 250 g/mol. The van der Waals surface area contributed by atoms with Crippen LogP contribution in [0.3, 0.4) is 0 Å². The largest absolute Gasteiger partial charge is 0.481 e. The molecule has 0 radical (unpaired) electrons. The number of nitrogens with zero attached hydrogens (tertiary/aromatic N) is 2.